The van der Waals surface area contributed by atoms with Gasteiger partial charge < -0.3 is 5.73 Å². The maximum absolute atomic E-state index is 6.06. The Morgan fingerprint density at radius 2 is 1.32 bits per heavy atom. The van der Waals surface area contributed by atoms with Crippen molar-refractivity contribution in [2.24, 2.45) is 17.6 Å². The summed E-state index contributed by atoms with van der Waals surface area (Å²) in [4.78, 5) is 0. The van der Waals surface area contributed by atoms with E-state index in [1.807, 2.05) is 0 Å². The van der Waals surface area contributed by atoms with Crippen LogP contribution in [0, 0.1) is 11.8 Å². The second-order valence-electron chi connectivity index (χ2n) is 6.78. The highest BCUT2D eigenvalue weighted by Gasteiger charge is 2.25. The Kier molecular flexibility index (Phi) is 9.59. The van der Waals surface area contributed by atoms with E-state index in [0.717, 1.165) is 11.8 Å². The Morgan fingerprint density at radius 1 is 0.789 bits per heavy atom. The largest absolute Gasteiger partial charge is 0.328 e. The third-order valence-electron chi connectivity index (χ3n) is 5.09. The van der Waals surface area contributed by atoms with Gasteiger partial charge in [-0.25, -0.2) is 0 Å². The second kappa shape index (κ2) is 10.7. The van der Waals surface area contributed by atoms with E-state index < -0.39 is 0 Å². The lowest BCUT2D eigenvalue weighted by Crippen LogP contribution is -2.29. The molecule has 0 heterocycles. The summed E-state index contributed by atoms with van der Waals surface area (Å²) >= 11 is 0. The van der Waals surface area contributed by atoms with Crippen molar-refractivity contribution in [2.45, 2.75) is 103 Å². The van der Waals surface area contributed by atoms with Crippen molar-refractivity contribution in [2.75, 3.05) is 0 Å². The summed E-state index contributed by atoms with van der Waals surface area (Å²) in [7, 11) is 0. The first-order valence-corrected chi connectivity index (χ1v) is 9.03. The number of nitrogens with two attached hydrogens (primary N) is 1. The SMILES string of the molecule is CCCCCC[C@H](CCCCC)[C@H]1CC[C@H](N)CC1. The number of hydrogen-bond donors (Lipinski definition) is 1. The van der Waals surface area contributed by atoms with Gasteiger partial charge in [-0.15, -0.1) is 0 Å². The molecule has 19 heavy (non-hydrogen) atoms. The van der Waals surface area contributed by atoms with Crippen LogP contribution in [0.4, 0.5) is 0 Å². The minimum absolute atomic E-state index is 0.507. The first kappa shape index (κ1) is 17.0. The van der Waals surface area contributed by atoms with Gasteiger partial charge in [0.25, 0.3) is 0 Å². The predicted molar refractivity (Wildman–Crippen MR) is 86.3 cm³/mol. The lowest BCUT2D eigenvalue weighted by molar-refractivity contribution is 0.204. The summed E-state index contributed by atoms with van der Waals surface area (Å²) < 4.78 is 0. The van der Waals surface area contributed by atoms with E-state index in [0.29, 0.717) is 6.04 Å². The topological polar surface area (TPSA) is 26.0 Å². The minimum atomic E-state index is 0.507. The molecule has 1 heteroatoms. The third kappa shape index (κ3) is 7.34. The molecule has 0 aromatic heterocycles. The molecule has 1 atom stereocenters. The van der Waals surface area contributed by atoms with E-state index in [-0.39, 0.29) is 0 Å². The van der Waals surface area contributed by atoms with Gasteiger partial charge >= 0.3 is 0 Å². The van der Waals surface area contributed by atoms with Gasteiger partial charge in [-0.3, -0.25) is 0 Å². The second-order valence-corrected chi connectivity index (χ2v) is 6.78. The number of rotatable bonds is 10. The normalized spacial score (nSPS) is 25.4. The molecule has 0 unspecified atom stereocenters. The van der Waals surface area contributed by atoms with E-state index in [2.05, 4.69) is 13.8 Å². The Bertz CT molecular complexity index is 194. The molecule has 1 nitrogen and oxygen atoms in total. The van der Waals surface area contributed by atoms with Crippen LogP contribution < -0.4 is 5.73 Å². The summed E-state index contributed by atoms with van der Waals surface area (Å²) in [5.41, 5.74) is 6.06. The Hall–Kier alpha value is -0.0400. The average Bonchev–Trinajstić information content (AvgIpc) is 2.43. The van der Waals surface area contributed by atoms with Crippen LogP contribution in [0.5, 0.6) is 0 Å². The Morgan fingerprint density at radius 3 is 1.89 bits per heavy atom. The van der Waals surface area contributed by atoms with Crippen LogP contribution in [0.3, 0.4) is 0 Å². The van der Waals surface area contributed by atoms with Gasteiger partial charge in [-0.05, 0) is 37.5 Å². The van der Waals surface area contributed by atoms with E-state index in [1.54, 1.807) is 0 Å². The zero-order chi connectivity index (χ0) is 13.9. The maximum atomic E-state index is 6.06. The van der Waals surface area contributed by atoms with E-state index in [4.69, 9.17) is 5.73 Å². The summed E-state index contributed by atoms with van der Waals surface area (Å²) in [6, 6.07) is 0.507. The van der Waals surface area contributed by atoms with Crippen LogP contribution >= 0.6 is 0 Å². The monoisotopic (exact) mass is 267 g/mol. The van der Waals surface area contributed by atoms with Crippen molar-refractivity contribution >= 4 is 0 Å². The molecule has 1 saturated carbocycles. The van der Waals surface area contributed by atoms with Crippen LogP contribution in [-0.2, 0) is 0 Å². The molecular weight excluding hydrogens is 230 g/mol. The number of hydrogen-bond acceptors (Lipinski definition) is 1. The molecule has 0 saturated heterocycles. The Balaban J connectivity index is 2.30. The molecule has 1 aliphatic rings. The summed E-state index contributed by atoms with van der Waals surface area (Å²) in [6.45, 7) is 4.62. The average molecular weight is 268 g/mol. The zero-order valence-corrected chi connectivity index (χ0v) is 13.5. The smallest absolute Gasteiger partial charge is 0.00390 e. The molecule has 1 aliphatic carbocycles. The maximum Gasteiger partial charge on any atom is 0.00390 e. The van der Waals surface area contributed by atoms with E-state index in [1.165, 1.54) is 83.5 Å². The van der Waals surface area contributed by atoms with Crippen LogP contribution in [0.25, 0.3) is 0 Å². The molecule has 1 fully saturated rings. The highest BCUT2D eigenvalue weighted by molar-refractivity contribution is 4.79. The summed E-state index contributed by atoms with van der Waals surface area (Å²) in [5.74, 6) is 2.01. The third-order valence-corrected chi connectivity index (χ3v) is 5.09. The highest BCUT2D eigenvalue weighted by atomic mass is 14.6. The first-order valence-electron chi connectivity index (χ1n) is 9.03. The van der Waals surface area contributed by atoms with Gasteiger partial charge in [-0.2, -0.15) is 0 Å². The number of unbranched alkanes of at least 4 members (excludes halogenated alkanes) is 5. The fourth-order valence-electron chi connectivity index (χ4n) is 3.72. The Labute approximate surface area is 121 Å². The van der Waals surface area contributed by atoms with Crippen molar-refractivity contribution in [3.63, 3.8) is 0 Å². The predicted octanol–water partition coefficient (Wildman–Crippen LogP) is 5.67. The standard InChI is InChI=1S/C18H37N/c1-3-5-7-9-11-16(10-8-6-4-2)17-12-14-18(19)15-13-17/h16-18H,3-15,19H2,1-2H3/t16-,17-,18-/m0/s1. The van der Waals surface area contributed by atoms with E-state index >= 15 is 0 Å². The fraction of sp³-hybridized carbons (Fsp3) is 1.00. The van der Waals surface area contributed by atoms with Gasteiger partial charge in [0.2, 0.25) is 0 Å². The lowest BCUT2D eigenvalue weighted by atomic mass is 9.74. The van der Waals surface area contributed by atoms with E-state index in [9.17, 15) is 0 Å². The quantitative estimate of drug-likeness (QED) is 0.507. The molecule has 0 aliphatic heterocycles. The van der Waals surface area contributed by atoms with Crippen LogP contribution in [0.1, 0.15) is 97.3 Å². The molecule has 0 bridgehead atoms. The molecule has 0 radical (unpaired) electrons. The van der Waals surface area contributed by atoms with Crippen LogP contribution in [0.2, 0.25) is 0 Å². The van der Waals surface area contributed by atoms with Gasteiger partial charge in [0.05, 0.1) is 0 Å². The molecular formula is C18H37N. The summed E-state index contributed by atoms with van der Waals surface area (Å²) in [6.07, 6.45) is 18.3. The minimum Gasteiger partial charge on any atom is -0.328 e. The fourth-order valence-corrected chi connectivity index (χ4v) is 3.72. The van der Waals surface area contributed by atoms with Crippen molar-refractivity contribution < 1.29 is 0 Å². The summed E-state index contributed by atoms with van der Waals surface area (Å²) in [5, 5.41) is 0. The van der Waals surface area contributed by atoms with Gasteiger partial charge in [0.1, 0.15) is 0 Å². The van der Waals surface area contributed by atoms with Crippen molar-refractivity contribution in [1.82, 2.24) is 0 Å². The molecule has 0 amide bonds. The zero-order valence-electron chi connectivity index (χ0n) is 13.5. The van der Waals surface area contributed by atoms with Gasteiger partial charge in [-0.1, -0.05) is 71.6 Å². The van der Waals surface area contributed by atoms with Crippen molar-refractivity contribution in [3.8, 4) is 0 Å². The molecule has 0 aromatic carbocycles. The van der Waals surface area contributed by atoms with Crippen LogP contribution in [-0.4, -0.2) is 6.04 Å². The molecule has 2 N–H and O–H groups in total. The van der Waals surface area contributed by atoms with Crippen LogP contribution in [0.15, 0.2) is 0 Å². The lowest BCUT2D eigenvalue weighted by Gasteiger charge is -2.33. The molecule has 114 valence electrons. The van der Waals surface area contributed by atoms with Gasteiger partial charge in [0, 0.05) is 6.04 Å². The highest BCUT2D eigenvalue weighted by Crippen LogP contribution is 2.35. The van der Waals surface area contributed by atoms with Crippen molar-refractivity contribution in [3.05, 3.63) is 0 Å². The molecule has 1 rings (SSSR count). The van der Waals surface area contributed by atoms with Gasteiger partial charge in [0.15, 0.2) is 0 Å². The molecule has 0 aromatic rings. The molecule has 0 spiro atoms. The van der Waals surface area contributed by atoms with Crippen molar-refractivity contribution in [1.29, 1.82) is 0 Å². The first-order chi connectivity index (χ1) is 9.27.